The van der Waals surface area contributed by atoms with Crippen LogP contribution in [0.2, 0.25) is 0 Å². The maximum atomic E-state index is 11.5. The van der Waals surface area contributed by atoms with Gasteiger partial charge in [0.25, 0.3) is 0 Å². The van der Waals surface area contributed by atoms with Gasteiger partial charge >= 0.3 is 5.97 Å². The fourth-order valence-corrected chi connectivity index (χ4v) is 2.47. The van der Waals surface area contributed by atoms with Gasteiger partial charge in [0, 0.05) is 6.54 Å². The van der Waals surface area contributed by atoms with Gasteiger partial charge in [-0.15, -0.1) is 0 Å². The van der Waals surface area contributed by atoms with E-state index < -0.39 is 11.4 Å². The Hall–Kier alpha value is -1.35. The summed E-state index contributed by atoms with van der Waals surface area (Å²) in [5, 5.41) is 12.7. The molecule has 1 aromatic carbocycles. The number of benzene rings is 1. The lowest BCUT2D eigenvalue weighted by Gasteiger charge is -2.25. The Bertz CT molecular complexity index is 420. The summed E-state index contributed by atoms with van der Waals surface area (Å²) in [6, 6.07) is 6.04. The van der Waals surface area contributed by atoms with E-state index in [0.29, 0.717) is 13.0 Å². The monoisotopic (exact) mass is 219 g/mol. The van der Waals surface area contributed by atoms with Crippen molar-refractivity contribution in [1.29, 1.82) is 0 Å². The molecule has 16 heavy (non-hydrogen) atoms. The van der Waals surface area contributed by atoms with Crippen LogP contribution in [0.1, 0.15) is 23.1 Å². The van der Waals surface area contributed by atoms with E-state index in [1.54, 1.807) is 0 Å². The first kappa shape index (κ1) is 11.1. The fraction of sp³-hybridized carbons (Fsp3) is 0.462. The van der Waals surface area contributed by atoms with Gasteiger partial charge in [0.05, 0.1) is 0 Å². The topological polar surface area (TPSA) is 49.3 Å². The van der Waals surface area contributed by atoms with Crippen molar-refractivity contribution >= 4 is 5.97 Å². The normalized spacial score (nSPS) is 24.6. The van der Waals surface area contributed by atoms with Gasteiger partial charge in [-0.05, 0) is 37.9 Å². The average Bonchev–Trinajstić information content (AvgIpc) is 2.71. The van der Waals surface area contributed by atoms with E-state index in [0.717, 1.165) is 23.2 Å². The third-order valence-corrected chi connectivity index (χ3v) is 3.47. The highest BCUT2D eigenvalue weighted by Gasteiger charge is 2.43. The first-order chi connectivity index (χ1) is 7.56. The zero-order valence-electron chi connectivity index (χ0n) is 9.71. The summed E-state index contributed by atoms with van der Waals surface area (Å²) in [5.41, 5.74) is 2.42. The number of aliphatic carboxylic acids is 1. The van der Waals surface area contributed by atoms with Gasteiger partial charge in [-0.1, -0.05) is 23.8 Å². The lowest BCUT2D eigenvalue weighted by atomic mass is 9.77. The second-order valence-electron chi connectivity index (χ2n) is 4.63. The first-order valence-corrected chi connectivity index (χ1v) is 5.58. The maximum Gasteiger partial charge on any atom is 0.315 e. The standard InChI is InChI=1S/C13H17NO2/c1-9-3-4-10(2)11(7-9)13(12(15)16)5-6-14-8-13/h3-4,7,14H,5-6,8H2,1-2H3,(H,15,16). The molecule has 86 valence electrons. The molecule has 3 nitrogen and oxygen atoms in total. The van der Waals surface area contributed by atoms with Crippen molar-refractivity contribution in [3.63, 3.8) is 0 Å². The van der Waals surface area contributed by atoms with Crippen molar-refractivity contribution in [2.24, 2.45) is 0 Å². The minimum atomic E-state index is -0.726. The highest BCUT2D eigenvalue weighted by molar-refractivity contribution is 5.83. The SMILES string of the molecule is Cc1ccc(C)c(C2(C(=O)O)CCNC2)c1. The summed E-state index contributed by atoms with van der Waals surface area (Å²) in [5.74, 6) is -0.716. The van der Waals surface area contributed by atoms with Crippen LogP contribution in [-0.4, -0.2) is 24.2 Å². The highest BCUT2D eigenvalue weighted by Crippen LogP contribution is 2.33. The number of carboxylic acids is 1. The molecule has 1 aliphatic heterocycles. The molecule has 0 aliphatic carbocycles. The van der Waals surface area contributed by atoms with Crippen LogP contribution in [0.4, 0.5) is 0 Å². The highest BCUT2D eigenvalue weighted by atomic mass is 16.4. The van der Waals surface area contributed by atoms with Crippen LogP contribution >= 0.6 is 0 Å². The molecule has 1 aromatic rings. The van der Waals surface area contributed by atoms with E-state index in [1.807, 2.05) is 32.0 Å². The van der Waals surface area contributed by atoms with Crippen molar-refractivity contribution in [2.45, 2.75) is 25.7 Å². The van der Waals surface area contributed by atoms with E-state index in [9.17, 15) is 9.90 Å². The van der Waals surface area contributed by atoms with E-state index in [-0.39, 0.29) is 0 Å². The van der Waals surface area contributed by atoms with Crippen LogP contribution < -0.4 is 5.32 Å². The average molecular weight is 219 g/mol. The Morgan fingerprint density at radius 1 is 1.44 bits per heavy atom. The molecule has 1 unspecified atom stereocenters. The Balaban J connectivity index is 2.55. The predicted molar refractivity (Wildman–Crippen MR) is 62.7 cm³/mol. The summed E-state index contributed by atoms with van der Waals surface area (Å²) in [7, 11) is 0. The van der Waals surface area contributed by atoms with Crippen molar-refractivity contribution in [2.75, 3.05) is 13.1 Å². The van der Waals surface area contributed by atoms with E-state index in [1.165, 1.54) is 0 Å². The molecule has 2 rings (SSSR count). The molecule has 0 radical (unpaired) electrons. The Labute approximate surface area is 95.5 Å². The number of carboxylic acid groups (broad SMARTS) is 1. The van der Waals surface area contributed by atoms with Crippen molar-refractivity contribution < 1.29 is 9.90 Å². The predicted octanol–water partition coefficient (Wildman–Crippen LogP) is 1.62. The van der Waals surface area contributed by atoms with Crippen LogP contribution in [0, 0.1) is 13.8 Å². The van der Waals surface area contributed by atoms with Crippen molar-refractivity contribution in [3.05, 3.63) is 34.9 Å². The molecule has 3 heteroatoms. The molecule has 1 aliphatic rings. The molecule has 1 fully saturated rings. The van der Waals surface area contributed by atoms with Gasteiger partial charge < -0.3 is 10.4 Å². The van der Waals surface area contributed by atoms with Crippen molar-refractivity contribution in [1.82, 2.24) is 5.32 Å². The zero-order valence-corrected chi connectivity index (χ0v) is 9.71. The Morgan fingerprint density at radius 2 is 2.19 bits per heavy atom. The first-order valence-electron chi connectivity index (χ1n) is 5.58. The molecule has 1 saturated heterocycles. The number of hydrogen-bond donors (Lipinski definition) is 2. The van der Waals surface area contributed by atoms with E-state index in [4.69, 9.17) is 0 Å². The lowest BCUT2D eigenvalue weighted by Crippen LogP contribution is -2.38. The van der Waals surface area contributed by atoms with Gasteiger partial charge in [0.1, 0.15) is 5.41 Å². The third kappa shape index (κ3) is 1.61. The second kappa shape index (κ2) is 3.91. The molecular weight excluding hydrogens is 202 g/mol. The van der Waals surface area contributed by atoms with Gasteiger partial charge in [0.2, 0.25) is 0 Å². The summed E-state index contributed by atoms with van der Waals surface area (Å²) >= 11 is 0. The van der Waals surface area contributed by atoms with Crippen molar-refractivity contribution in [3.8, 4) is 0 Å². The van der Waals surface area contributed by atoms with Gasteiger partial charge in [-0.3, -0.25) is 4.79 Å². The smallest absolute Gasteiger partial charge is 0.315 e. The fourth-order valence-electron chi connectivity index (χ4n) is 2.47. The van der Waals surface area contributed by atoms with Crippen LogP contribution in [0.15, 0.2) is 18.2 Å². The Morgan fingerprint density at radius 3 is 2.75 bits per heavy atom. The second-order valence-corrected chi connectivity index (χ2v) is 4.63. The molecule has 0 amide bonds. The number of rotatable bonds is 2. The molecular formula is C13H17NO2. The third-order valence-electron chi connectivity index (χ3n) is 3.47. The summed E-state index contributed by atoms with van der Waals surface area (Å²) in [6.45, 7) is 5.30. The number of nitrogens with one attached hydrogen (secondary N) is 1. The van der Waals surface area contributed by atoms with Crippen LogP contribution in [0.25, 0.3) is 0 Å². The lowest BCUT2D eigenvalue weighted by molar-refractivity contribution is -0.143. The summed E-state index contributed by atoms with van der Waals surface area (Å²) in [6.07, 6.45) is 0.673. The number of aryl methyl sites for hydroxylation is 2. The minimum absolute atomic E-state index is 0.534. The molecule has 0 spiro atoms. The molecule has 0 saturated carbocycles. The number of hydrogen-bond acceptors (Lipinski definition) is 2. The van der Waals surface area contributed by atoms with E-state index >= 15 is 0 Å². The van der Waals surface area contributed by atoms with Gasteiger partial charge in [0.15, 0.2) is 0 Å². The van der Waals surface area contributed by atoms with Gasteiger partial charge in [-0.2, -0.15) is 0 Å². The maximum absolute atomic E-state index is 11.5. The molecule has 1 heterocycles. The van der Waals surface area contributed by atoms with Gasteiger partial charge in [-0.25, -0.2) is 0 Å². The largest absolute Gasteiger partial charge is 0.481 e. The quantitative estimate of drug-likeness (QED) is 0.794. The molecule has 1 atom stereocenters. The Kier molecular flexibility index (Phi) is 2.72. The summed E-state index contributed by atoms with van der Waals surface area (Å²) < 4.78 is 0. The van der Waals surface area contributed by atoms with Crippen LogP contribution in [0.3, 0.4) is 0 Å². The van der Waals surface area contributed by atoms with Crippen LogP contribution in [-0.2, 0) is 10.2 Å². The molecule has 2 N–H and O–H groups in total. The number of carbonyl (C=O) groups is 1. The van der Waals surface area contributed by atoms with E-state index in [2.05, 4.69) is 5.32 Å². The minimum Gasteiger partial charge on any atom is -0.481 e. The molecule has 0 aromatic heterocycles. The van der Waals surface area contributed by atoms with Crippen LogP contribution in [0.5, 0.6) is 0 Å². The summed E-state index contributed by atoms with van der Waals surface area (Å²) in [4.78, 5) is 11.5. The zero-order chi connectivity index (χ0) is 11.8. The molecule has 0 bridgehead atoms.